The lowest BCUT2D eigenvalue weighted by atomic mass is 10.0. The van der Waals surface area contributed by atoms with Gasteiger partial charge in [-0.3, -0.25) is 0 Å². The molecule has 1 saturated carbocycles. The van der Waals surface area contributed by atoms with Crippen LogP contribution in [0.2, 0.25) is 0 Å². The van der Waals surface area contributed by atoms with Crippen LogP contribution >= 0.6 is 0 Å². The first-order chi connectivity index (χ1) is 7.68. The Kier molecular flexibility index (Phi) is 3.51. The average Bonchev–Trinajstić information content (AvgIpc) is 2.65. The molecule has 16 heavy (non-hydrogen) atoms. The molecular formula is C12H19N3O. The molecule has 1 aromatic heterocycles. The summed E-state index contributed by atoms with van der Waals surface area (Å²) in [5.41, 5.74) is 1.47. The van der Waals surface area contributed by atoms with Crippen LogP contribution in [0.4, 0.5) is 0 Å². The Morgan fingerprint density at radius 1 is 1.38 bits per heavy atom. The fourth-order valence-corrected chi connectivity index (χ4v) is 2.24. The molecule has 0 amide bonds. The van der Waals surface area contributed by atoms with Crippen LogP contribution in [0.5, 0.6) is 0 Å². The van der Waals surface area contributed by atoms with E-state index in [1.165, 1.54) is 0 Å². The Hall–Kier alpha value is -1.00. The number of aryl methyl sites for hydroxylation is 1. The molecule has 0 atom stereocenters. The van der Waals surface area contributed by atoms with Gasteiger partial charge in [-0.15, -0.1) is 0 Å². The Balaban J connectivity index is 1.79. The fraction of sp³-hybridized carbons (Fsp3) is 0.667. The average molecular weight is 221 g/mol. The van der Waals surface area contributed by atoms with Crippen molar-refractivity contribution < 1.29 is 5.11 Å². The number of nitrogens with one attached hydrogen (secondary N) is 1. The van der Waals surface area contributed by atoms with Gasteiger partial charge in [-0.1, -0.05) is 12.8 Å². The van der Waals surface area contributed by atoms with Gasteiger partial charge < -0.3 is 10.4 Å². The SMILES string of the molecule is Cc1cc(CNCC2(O)CCCC2)ncn1. The first-order valence-electron chi connectivity index (χ1n) is 5.89. The van der Waals surface area contributed by atoms with Crippen molar-refractivity contribution in [1.82, 2.24) is 15.3 Å². The van der Waals surface area contributed by atoms with Gasteiger partial charge in [0.1, 0.15) is 6.33 Å². The summed E-state index contributed by atoms with van der Waals surface area (Å²) in [7, 11) is 0. The highest BCUT2D eigenvalue weighted by atomic mass is 16.3. The molecule has 1 aliphatic rings. The summed E-state index contributed by atoms with van der Waals surface area (Å²) in [4.78, 5) is 8.22. The molecule has 0 aliphatic heterocycles. The van der Waals surface area contributed by atoms with Crippen molar-refractivity contribution in [2.45, 2.75) is 44.8 Å². The fourth-order valence-electron chi connectivity index (χ4n) is 2.24. The Morgan fingerprint density at radius 2 is 2.12 bits per heavy atom. The Morgan fingerprint density at radius 3 is 2.81 bits per heavy atom. The van der Waals surface area contributed by atoms with Crippen molar-refractivity contribution in [2.24, 2.45) is 0 Å². The van der Waals surface area contributed by atoms with Gasteiger partial charge in [-0.2, -0.15) is 0 Å². The van der Waals surface area contributed by atoms with E-state index in [1.54, 1.807) is 6.33 Å². The van der Waals surface area contributed by atoms with E-state index in [0.717, 1.165) is 37.1 Å². The molecule has 0 radical (unpaired) electrons. The number of hydrogen-bond donors (Lipinski definition) is 2. The number of rotatable bonds is 4. The van der Waals surface area contributed by atoms with E-state index in [4.69, 9.17) is 0 Å². The number of aliphatic hydroxyl groups is 1. The maximum Gasteiger partial charge on any atom is 0.115 e. The summed E-state index contributed by atoms with van der Waals surface area (Å²) in [5.74, 6) is 0. The highest BCUT2D eigenvalue weighted by Gasteiger charge is 2.30. The van der Waals surface area contributed by atoms with Crippen molar-refractivity contribution in [1.29, 1.82) is 0 Å². The van der Waals surface area contributed by atoms with Gasteiger partial charge in [0.15, 0.2) is 0 Å². The number of aromatic nitrogens is 2. The van der Waals surface area contributed by atoms with E-state index in [0.29, 0.717) is 13.1 Å². The van der Waals surface area contributed by atoms with Crippen molar-refractivity contribution in [3.05, 3.63) is 23.8 Å². The monoisotopic (exact) mass is 221 g/mol. The van der Waals surface area contributed by atoms with Crippen molar-refractivity contribution in [3.63, 3.8) is 0 Å². The molecule has 2 N–H and O–H groups in total. The molecule has 2 rings (SSSR count). The molecule has 1 aliphatic carbocycles. The molecule has 0 saturated heterocycles. The van der Waals surface area contributed by atoms with E-state index >= 15 is 0 Å². The molecule has 1 fully saturated rings. The lowest BCUT2D eigenvalue weighted by molar-refractivity contribution is 0.0474. The smallest absolute Gasteiger partial charge is 0.115 e. The first-order valence-corrected chi connectivity index (χ1v) is 5.89. The van der Waals surface area contributed by atoms with Crippen LogP contribution < -0.4 is 5.32 Å². The highest BCUT2D eigenvalue weighted by Crippen LogP contribution is 2.28. The van der Waals surface area contributed by atoms with E-state index < -0.39 is 5.60 Å². The summed E-state index contributed by atoms with van der Waals surface area (Å²) in [6, 6.07) is 1.96. The zero-order chi connectivity index (χ0) is 11.4. The standard InChI is InChI=1S/C12H19N3O/c1-10-6-11(15-9-14-10)7-13-8-12(16)4-2-3-5-12/h6,9,13,16H,2-5,7-8H2,1H3. The van der Waals surface area contributed by atoms with E-state index in [1.807, 2.05) is 13.0 Å². The Labute approximate surface area is 96.1 Å². The van der Waals surface area contributed by atoms with Crippen molar-refractivity contribution in [3.8, 4) is 0 Å². The summed E-state index contributed by atoms with van der Waals surface area (Å²) in [5, 5.41) is 13.4. The van der Waals surface area contributed by atoms with E-state index in [9.17, 15) is 5.11 Å². The molecular weight excluding hydrogens is 202 g/mol. The summed E-state index contributed by atoms with van der Waals surface area (Å²) in [6.45, 7) is 3.32. The largest absolute Gasteiger partial charge is 0.389 e. The topological polar surface area (TPSA) is 58.0 Å². The van der Waals surface area contributed by atoms with Crippen LogP contribution in [0.3, 0.4) is 0 Å². The zero-order valence-electron chi connectivity index (χ0n) is 9.74. The summed E-state index contributed by atoms with van der Waals surface area (Å²) < 4.78 is 0. The summed E-state index contributed by atoms with van der Waals surface area (Å²) >= 11 is 0. The van der Waals surface area contributed by atoms with Gasteiger partial charge in [-0.05, 0) is 25.8 Å². The molecule has 1 heterocycles. The molecule has 4 heteroatoms. The second-order valence-electron chi connectivity index (χ2n) is 4.69. The van der Waals surface area contributed by atoms with Gasteiger partial charge in [0, 0.05) is 18.8 Å². The van der Waals surface area contributed by atoms with Crippen LogP contribution in [-0.2, 0) is 6.54 Å². The predicted octanol–water partition coefficient (Wildman–Crippen LogP) is 1.18. The minimum atomic E-state index is -0.484. The zero-order valence-corrected chi connectivity index (χ0v) is 9.74. The molecule has 0 aromatic carbocycles. The van der Waals surface area contributed by atoms with Crippen molar-refractivity contribution >= 4 is 0 Å². The number of hydrogen-bond acceptors (Lipinski definition) is 4. The lowest BCUT2D eigenvalue weighted by Crippen LogP contribution is -2.37. The lowest BCUT2D eigenvalue weighted by Gasteiger charge is -2.22. The van der Waals surface area contributed by atoms with Crippen LogP contribution in [0.1, 0.15) is 37.1 Å². The second kappa shape index (κ2) is 4.89. The van der Waals surface area contributed by atoms with Crippen LogP contribution in [0.25, 0.3) is 0 Å². The minimum Gasteiger partial charge on any atom is -0.389 e. The molecule has 0 spiro atoms. The first kappa shape index (κ1) is 11.5. The third-order valence-electron chi connectivity index (χ3n) is 3.15. The highest BCUT2D eigenvalue weighted by molar-refractivity contribution is 5.06. The van der Waals surface area contributed by atoms with Gasteiger partial charge >= 0.3 is 0 Å². The van der Waals surface area contributed by atoms with Gasteiger partial charge in [0.25, 0.3) is 0 Å². The maximum atomic E-state index is 10.1. The van der Waals surface area contributed by atoms with Crippen LogP contribution in [0.15, 0.2) is 12.4 Å². The molecule has 0 bridgehead atoms. The van der Waals surface area contributed by atoms with Crippen molar-refractivity contribution in [2.75, 3.05) is 6.54 Å². The predicted molar refractivity (Wildman–Crippen MR) is 61.9 cm³/mol. The van der Waals surface area contributed by atoms with Gasteiger partial charge in [0.2, 0.25) is 0 Å². The second-order valence-corrected chi connectivity index (χ2v) is 4.69. The third-order valence-corrected chi connectivity index (χ3v) is 3.15. The normalized spacial score (nSPS) is 18.9. The Bertz CT molecular complexity index is 348. The third kappa shape index (κ3) is 3.00. The summed E-state index contributed by atoms with van der Waals surface area (Å²) in [6.07, 6.45) is 5.71. The van der Waals surface area contributed by atoms with E-state index in [2.05, 4.69) is 15.3 Å². The van der Waals surface area contributed by atoms with Gasteiger partial charge in [-0.25, -0.2) is 9.97 Å². The number of nitrogens with zero attached hydrogens (tertiary/aromatic N) is 2. The van der Waals surface area contributed by atoms with E-state index in [-0.39, 0.29) is 0 Å². The van der Waals surface area contributed by atoms with Crippen LogP contribution in [0, 0.1) is 6.92 Å². The maximum absolute atomic E-state index is 10.1. The quantitative estimate of drug-likeness (QED) is 0.801. The molecule has 88 valence electrons. The molecule has 4 nitrogen and oxygen atoms in total. The molecule has 0 unspecified atom stereocenters. The minimum absolute atomic E-state index is 0.484. The van der Waals surface area contributed by atoms with Crippen LogP contribution in [-0.4, -0.2) is 27.2 Å². The van der Waals surface area contributed by atoms with Gasteiger partial charge in [0.05, 0.1) is 11.3 Å². The molecule has 1 aromatic rings.